The van der Waals surface area contributed by atoms with Crippen LogP contribution in [0.2, 0.25) is 0 Å². The quantitative estimate of drug-likeness (QED) is 0.523. The fourth-order valence-electron chi connectivity index (χ4n) is 1.14. The van der Waals surface area contributed by atoms with Crippen molar-refractivity contribution in [3.8, 4) is 5.69 Å². The number of carbonyl (C=O) groups excluding carboxylic acids is 1. The smallest absolute Gasteiger partial charge is 0.219 e. The maximum Gasteiger partial charge on any atom is 0.240 e. The van der Waals surface area contributed by atoms with Gasteiger partial charge in [0.1, 0.15) is 5.69 Å². The van der Waals surface area contributed by atoms with E-state index in [1.165, 1.54) is 10.8 Å². The number of aliphatic imine (C=N–C) groups is 1. The molecule has 0 atom stereocenters. The van der Waals surface area contributed by atoms with Crippen LogP contribution < -0.4 is 0 Å². The van der Waals surface area contributed by atoms with Crippen LogP contribution in [0.3, 0.4) is 0 Å². The topological polar surface area (TPSA) is 60.1 Å². The summed E-state index contributed by atoms with van der Waals surface area (Å²) in [4.78, 5) is 13.7. The highest BCUT2D eigenvalue weighted by atomic mass is 16.1. The third-order valence-corrected chi connectivity index (χ3v) is 1.72. The molecule has 1 aromatic carbocycles. The van der Waals surface area contributed by atoms with Crippen LogP contribution in [0.5, 0.6) is 0 Å². The predicted molar refractivity (Wildman–Crippen MR) is 49.1 cm³/mol. The van der Waals surface area contributed by atoms with Crippen molar-refractivity contribution in [2.24, 2.45) is 4.99 Å². The Morgan fingerprint density at radius 2 is 2.21 bits per heavy atom. The number of benzene rings is 1. The molecule has 0 aliphatic carbocycles. The van der Waals surface area contributed by atoms with Crippen LogP contribution in [-0.4, -0.2) is 21.1 Å². The summed E-state index contributed by atoms with van der Waals surface area (Å²) in [5.41, 5.74) is 1.22. The monoisotopic (exact) mass is 186 g/mol. The SMILES string of the molecule is O=C=Nc1ccccc1-n1ccnn1. The highest BCUT2D eigenvalue weighted by Crippen LogP contribution is 2.20. The largest absolute Gasteiger partial charge is 0.240 e. The van der Waals surface area contributed by atoms with E-state index in [2.05, 4.69) is 15.3 Å². The fourth-order valence-corrected chi connectivity index (χ4v) is 1.14. The van der Waals surface area contributed by atoms with Gasteiger partial charge in [0.2, 0.25) is 6.08 Å². The van der Waals surface area contributed by atoms with Gasteiger partial charge in [0.15, 0.2) is 0 Å². The molecule has 0 N–H and O–H groups in total. The lowest BCUT2D eigenvalue weighted by Crippen LogP contribution is -1.94. The molecule has 0 fully saturated rings. The summed E-state index contributed by atoms with van der Waals surface area (Å²) < 4.78 is 1.54. The maximum absolute atomic E-state index is 10.2. The van der Waals surface area contributed by atoms with Gasteiger partial charge in [-0.05, 0) is 12.1 Å². The van der Waals surface area contributed by atoms with E-state index in [9.17, 15) is 4.79 Å². The summed E-state index contributed by atoms with van der Waals surface area (Å²) in [6.07, 6.45) is 4.74. The van der Waals surface area contributed by atoms with Gasteiger partial charge in [0.05, 0.1) is 18.1 Å². The minimum absolute atomic E-state index is 0.521. The predicted octanol–water partition coefficient (Wildman–Crippen LogP) is 1.23. The second-order valence-electron chi connectivity index (χ2n) is 2.54. The Hall–Kier alpha value is -2.26. The molecule has 0 radical (unpaired) electrons. The Balaban J connectivity index is 2.57. The van der Waals surface area contributed by atoms with Gasteiger partial charge in [0.25, 0.3) is 0 Å². The van der Waals surface area contributed by atoms with E-state index < -0.39 is 0 Å². The molecule has 0 amide bonds. The Labute approximate surface area is 79.7 Å². The first kappa shape index (κ1) is 8.34. The number of hydrogen-bond acceptors (Lipinski definition) is 4. The van der Waals surface area contributed by atoms with Crippen LogP contribution in [-0.2, 0) is 4.79 Å². The van der Waals surface area contributed by atoms with Crippen LogP contribution in [0.15, 0.2) is 41.7 Å². The molecule has 1 aromatic heterocycles. The summed E-state index contributed by atoms with van der Waals surface area (Å²) in [5, 5.41) is 7.48. The molecular weight excluding hydrogens is 180 g/mol. The van der Waals surface area contributed by atoms with Crippen LogP contribution >= 0.6 is 0 Å². The maximum atomic E-state index is 10.2. The summed E-state index contributed by atoms with van der Waals surface area (Å²) in [6, 6.07) is 7.13. The van der Waals surface area contributed by atoms with E-state index in [0.717, 1.165) is 0 Å². The molecule has 0 saturated carbocycles. The molecule has 0 aliphatic rings. The molecule has 2 aromatic rings. The zero-order valence-electron chi connectivity index (χ0n) is 7.16. The minimum atomic E-state index is 0.521. The van der Waals surface area contributed by atoms with Gasteiger partial charge in [-0.15, -0.1) is 5.10 Å². The van der Waals surface area contributed by atoms with Gasteiger partial charge in [-0.3, -0.25) is 0 Å². The third-order valence-electron chi connectivity index (χ3n) is 1.72. The first-order valence-electron chi connectivity index (χ1n) is 3.95. The van der Waals surface area contributed by atoms with E-state index in [1.807, 2.05) is 6.07 Å². The van der Waals surface area contributed by atoms with Gasteiger partial charge in [-0.1, -0.05) is 17.3 Å². The third kappa shape index (κ3) is 1.44. The van der Waals surface area contributed by atoms with Gasteiger partial charge >= 0.3 is 0 Å². The molecule has 5 heteroatoms. The van der Waals surface area contributed by atoms with Gasteiger partial charge < -0.3 is 0 Å². The summed E-state index contributed by atoms with van der Waals surface area (Å²) >= 11 is 0. The average Bonchev–Trinajstić information content (AvgIpc) is 2.72. The van der Waals surface area contributed by atoms with Crippen LogP contribution in [0.1, 0.15) is 0 Å². The number of rotatable bonds is 2. The van der Waals surface area contributed by atoms with Crippen LogP contribution in [0, 0.1) is 0 Å². The van der Waals surface area contributed by atoms with E-state index in [4.69, 9.17) is 0 Å². The highest BCUT2D eigenvalue weighted by molar-refractivity contribution is 5.60. The lowest BCUT2D eigenvalue weighted by Gasteiger charge is -2.01. The van der Waals surface area contributed by atoms with Crippen molar-refractivity contribution < 1.29 is 4.79 Å². The zero-order valence-corrected chi connectivity index (χ0v) is 7.16. The second kappa shape index (κ2) is 3.64. The molecule has 0 saturated heterocycles. The first-order chi connectivity index (χ1) is 6.92. The molecular formula is C9H6N4O. The van der Waals surface area contributed by atoms with E-state index in [-0.39, 0.29) is 0 Å². The molecule has 0 unspecified atom stereocenters. The van der Waals surface area contributed by atoms with Crippen molar-refractivity contribution >= 4 is 11.8 Å². The van der Waals surface area contributed by atoms with Crippen molar-refractivity contribution in [3.63, 3.8) is 0 Å². The number of aromatic nitrogens is 3. The minimum Gasteiger partial charge on any atom is -0.219 e. The Morgan fingerprint density at radius 1 is 1.36 bits per heavy atom. The standard InChI is InChI=1S/C9H6N4O/c14-7-10-8-3-1-2-4-9(8)13-6-5-11-12-13/h1-6H. The molecule has 1 heterocycles. The normalized spacial score (nSPS) is 9.43. The second-order valence-corrected chi connectivity index (χ2v) is 2.54. The molecule has 0 aliphatic heterocycles. The molecule has 68 valence electrons. The molecule has 14 heavy (non-hydrogen) atoms. The van der Waals surface area contributed by atoms with Crippen molar-refractivity contribution in [2.45, 2.75) is 0 Å². The van der Waals surface area contributed by atoms with Crippen molar-refractivity contribution in [1.82, 2.24) is 15.0 Å². The molecule has 5 nitrogen and oxygen atoms in total. The summed E-state index contributed by atoms with van der Waals surface area (Å²) in [6.45, 7) is 0. The lowest BCUT2D eigenvalue weighted by atomic mass is 10.3. The Kier molecular flexibility index (Phi) is 2.17. The lowest BCUT2D eigenvalue weighted by molar-refractivity contribution is 0.565. The van der Waals surface area contributed by atoms with Crippen LogP contribution in [0.4, 0.5) is 5.69 Å². The average molecular weight is 186 g/mol. The fraction of sp³-hybridized carbons (Fsp3) is 0. The van der Waals surface area contributed by atoms with Gasteiger partial charge in [-0.25, -0.2) is 9.48 Å². The van der Waals surface area contributed by atoms with Gasteiger partial charge in [0, 0.05) is 0 Å². The van der Waals surface area contributed by atoms with Crippen molar-refractivity contribution in [1.29, 1.82) is 0 Å². The van der Waals surface area contributed by atoms with E-state index >= 15 is 0 Å². The number of hydrogen-bond donors (Lipinski definition) is 0. The first-order valence-corrected chi connectivity index (χ1v) is 3.95. The van der Waals surface area contributed by atoms with Crippen molar-refractivity contribution in [2.75, 3.05) is 0 Å². The van der Waals surface area contributed by atoms with Gasteiger partial charge in [-0.2, -0.15) is 4.99 Å². The molecule has 0 spiro atoms. The van der Waals surface area contributed by atoms with E-state index in [0.29, 0.717) is 11.4 Å². The number of isocyanates is 1. The summed E-state index contributed by atoms with van der Waals surface area (Å²) in [7, 11) is 0. The molecule has 2 rings (SSSR count). The Bertz CT molecular complexity index is 471. The summed E-state index contributed by atoms with van der Waals surface area (Å²) in [5.74, 6) is 0. The van der Waals surface area contributed by atoms with E-state index in [1.54, 1.807) is 30.6 Å². The number of para-hydroxylation sites is 2. The molecule has 0 bridgehead atoms. The number of nitrogens with zero attached hydrogens (tertiary/aromatic N) is 4. The Morgan fingerprint density at radius 3 is 2.93 bits per heavy atom. The zero-order chi connectivity index (χ0) is 9.80. The van der Waals surface area contributed by atoms with Crippen molar-refractivity contribution in [3.05, 3.63) is 36.7 Å². The highest BCUT2D eigenvalue weighted by Gasteiger charge is 2.02. The van der Waals surface area contributed by atoms with Crippen LogP contribution in [0.25, 0.3) is 5.69 Å².